The third-order valence-electron chi connectivity index (χ3n) is 3.84. The van der Waals surface area contributed by atoms with Gasteiger partial charge < -0.3 is 10.2 Å². The predicted molar refractivity (Wildman–Crippen MR) is 68.1 cm³/mol. The molecule has 1 amide bonds. The average molecular weight is 248 g/mol. The molecule has 1 unspecified atom stereocenters. The second-order valence-corrected chi connectivity index (χ2v) is 5.14. The molecule has 2 aliphatic heterocycles. The number of benzene rings is 1. The number of amides is 1. The zero-order valence-corrected chi connectivity index (χ0v) is 10.3. The lowest BCUT2D eigenvalue weighted by Gasteiger charge is -2.31. The van der Waals surface area contributed by atoms with E-state index in [0.717, 1.165) is 37.3 Å². The molecule has 18 heavy (non-hydrogen) atoms. The van der Waals surface area contributed by atoms with Crippen LogP contribution in [0.3, 0.4) is 0 Å². The van der Waals surface area contributed by atoms with Crippen LogP contribution in [0.15, 0.2) is 18.2 Å². The Morgan fingerprint density at radius 2 is 2.28 bits per heavy atom. The van der Waals surface area contributed by atoms with Crippen molar-refractivity contribution in [1.82, 2.24) is 5.32 Å². The van der Waals surface area contributed by atoms with Crippen LogP contribution in [-0.4, -0.2) is 25.5 Å². The predicted octanol–water partition coefficient (Wildman–Crippen LogP) is 1.71. The second-order valence-electron chi connectivity index (χ2n) is 5.14. The van der Waals surface area contributed by atoms with Gasteiger partial charge in [0.25, 0.3) is 0 Å². The van der Waals surface area contributed by atoms with E-state index in [1.165, 1.54) is 6.07 Å². The van der Waals surface area contributed by atoms with E-state index in [1.54, 1.807) is 12.1 Å². The van der Waals surface area contributed by atoms with E-state index in [9.17, 15) is 9.18 Å². The largest absolute Gasteiger partial charge is 0.316 e. The van der Waals surface area contributed by atoms with Crippen LogP contribution in [-0.2, 0) is 11.2 Å². The number of carbonyl (C=O) groups is 1. The van der Waals surface area contributed by atoms with Gasteiger partial charge in [0.05, 0.1) is 0 Å². The van der Waals surface area contributed by atoms with Crippen molar-refractivity contribution >= 4 is 11.6 Å². The number of nitrogens with zero attached hydrogens (tertiary/aromatic N) is 1. The smallest absolute Gasteiger partial charge is 0.227 e. The van der Waals surface area contributed by atoms with Crippen molar-refractivity contribution < 1.29 is 9.18 Å². The van der Waals surface area contributed by atoms with Gasteiger partial charge in [0, 0.05) is 18.7 Å². The lowest BCUT2D eigenvalue weighted by atomic mass is 9.99. The van der Waals surface area contributed by atoms with Gasteiger partial charge in [-0.2, -0.15) is 0 Å². The zero-order valence-electron chi connectivity index (χ0n) is 10.3. The fraction of sp³-hybridized carbons (Fsp3) is 0.500. The highest BCUT2D eigenvalue weighted by Crippen LogP contribution is 2.29. The maximum Gasteiger partial charge on any atom is 0.227 e. The number of nitrogens with one attached hydrogen (secondary N) is 1. The Morgan fingerprint density at radius 3 is 3.06 bits per heavy atom. The first kappa shape index (κ1) is 11.7. The van der Waals surface area contributed by atoms with Gasteiger partial charge in [0.2, 0.25) is 5.91 Å². The molecule has 1 fully saturated rings. The SMILES string of the molecule is O=C1CCc2cc(F)ccc2N1CC1CCNC1. The van der Waals surface area contributed by atoms with Crippen molar-refractivity contribution in [2.75, 3.05) is 24.5 Å². The molecular weight excluding hydrogens is 231 g/mol. The van der Waals surface area contributed by atoms with Gasteiger partial charge in [-0.25, -0.2) is 4.39 Å². The number of halogens is 1. The lowest BCUT2D eigenvalue weighted by molar-refractivity contribution is -0.119. The van der Waals surface area contributed by atoms with Gasteiger partial charge in [-0.3, -0.25) is 4.79 Å². The highest BCUT2D eigenvalue weighted by Gasteiger charge is 2.27. The molecule has 2 heterocycles. The summed E-state index contributed by atoms with van der Waals surface area (Å²) in [6, 6.07) is 4.74. The molecule has 1 aromatic rings. The summed E-state index contributed by atoms with van der Waals surface area (Å²) in [4.78, 5) is 13.9. The number of hydrogen-bond acceptors (Lipinski definition) is 2. The summed E-state index contributed by atoms with van der Waals surface area (Å²) in [5.74, 6) is 0.469. The first-order valence-corrected chi connectivity index (χ1v) is 6.53. The van der Waals surface area contributed by atoms with Crippen LogP contribution >= 0.6 is 0 Å². The van der Waals surface area contributed by atoms with Crippen LogP contribution in [0, 0.1) is 11.7 Å². The molecule has 0 aromatic heterocycles. The Kier molecular flexibility index (Phi) is 3.04. The van der Waals surface area contributed by atoms with Gasteiger partial charge in [-0.05, 0) is 55.6 Å². The fourth-order valence-electron chi connectivity index (χ4n) is 2.86. The molecule has 1 aromatic carbocycles. The van der Waals surface area contributed by atoms with Crippen LogP contribution in [0.5, 0.6) is 0 Å². The standard InChI is InChI=1S/C14H17FN2O/c15-12-2-3-13-11(7-12)1-4-14(18)17(13)9-10-5-6-16-8-10/h2-3,7,10,16H,1,4-6,8-9H2. The van der Waals surface area contributed by atoms with E-state index in [4.69, 9.17) is 0 Å². The Bertz CT molecular complexity index is 469. The summed E-state index contributed by atoms with van der Waals surface area (Å²) in [5.41, 5.74) is 1.86. The molecule has 3 nitrogen and oxygen atoms in total. The fourth-order valence-corrected chi connectivity index (χ4v) is 2.86. The molecule has 1 N–H and O–H groups in total. The van der Waals surface area contributed by atoms with E-state index in [2.05, 4.69) is 5.32 Å². The highest BCUT2D eigenvalue weighted by atomic mass is 19.1. The van der Waals surface area contributed by atoms with Crippen molar-refractivity contribution in [3.63, 3.8) is 0 Å². The maximum atomic E-state index is 13.2. The third kappa shape index (κ3) is 2.12. The maximum absolute atomic E-state index is 13.2. The van der Waals surface area contributed by atoms with E-state index >= 15 is 0 Å². The van der Waals surface area contributed by atoms with E-state index in [-0.39, 0.29) is 11.7 Å². The lowest BCUT2D eigenvalue weighted by Crippen LogP contribution is -2.39. The normalized spacial score (nSPS) is 23.3. The van der Waals surface area contributed by atoms with Crippen LogP contribution in [0.1, 0.15) is 18.4 Å². The Labute approximate surface area is 106 Å². The average Bonchev–Trinajstić information content (AvgIpc) is 2.86. The summed E-state index contributed by atoms with van der Waals surface area (Å²) in [6.07, 6.45) is 2.27. The first-order valence-electron chi connectivity index (χ1n) is 6.53. The number of anilines is 1. The van der Waals surface area contributed by atoms with Crippen molar-refractivity contribution in [3.8, 4) is 0 Å². The van der Waals surface area contributed by atoms with Crippen molar-refractivity contribution in [2.45, 2.75) is 19.3 Å². The molecular formula is C14H17FN2O. The van der Waals surface area contributed by atoms with Gasteiger partial charge >= 0.3 is 0 Å². The molecule has 0 spiro atoms. The number of aryl methyl sites for hydroxylation is 1. The van der Waals surface area contributed by atoms with Crippen LogP contribution < -0.4 is 10.2 Å². The summed E-state index contributed by atoms with van der Waals surface area (Å²) >= 11 is 0. The molecule has 4 heteroatoms. The highest BCUT2D eigenvalue weighted by molar-refractivity contribution is 5.96. The molecule has 0 bridgehead atoms. The van der Waals surface area contributed by atoms with E-state index < -0.39 is 0 Å². The van der Waals surface area contributed by atoms with Crippen LogP contribution in [0.2, 0.25) is 0 Å². The number of rotatable bonds is 2. The molecule has 2 aliphatic rings. The molecule has 0 saturated carbocycles. The number of carbonyl (C=O) groups excluding carboxylic acids is 1. The molecule has 0 aliphatic carbocycles. The van der Waals surface area contributed by atoms with Crippen molar-refractivity contribution in [3.05, 3.63) is 29.6 Å². The quantitative estimate of drug-likeness (QED) is 0.864. The minimum atomic E-state index is -0.217. The first-order chi connectivity index (χ1) is 8.74. The van der Waals surface area contributed by atoms with E-state index in [1.807, 2.05) is 4.90 Å². The minimum Gasteiger partial charge on any atom is -0.316 e. The molecule has 1 saturated heterocycles. The Balaban J connectivity index is 1.86. The summed E-state index contributed by atoms with van der Waals surface area (Å²) in [7, 11) is 0. The summed E-state index contributed by atoms with van der Waals surface area (Å²) < 4.78 is 13.2. The Hall–Kier alpha value is -1.42. The molecule has 3 rings (SSSR count). The van der Waals surface area contributed by atoms with Crippen molar-refractivity contribution in [2.24, 2.45) is 5.92 Å². The van der Waals surface area contributed by atoms with E-state index in [0.29, 0.717) is 18.8 Å². The van der Waals surface area contributed by atoms with Gasteiger partial charge in [0.15, 0.2) is 0 Å². The second kappa shape index (κ2) is 4.69. The summed E-state index contributed by atoms with van der Waals surface area (Å²) in [5, 5.41) is 3.31. The third-order valence-corrected chi connectivity index (χ3v) is 3.84. The van der Waals surface area contributed by atoms with Gasteiger partial charge in [0.1, 0.15) is 5.82 Å². The van der Waals surface area contributed by atoms with Crippen molar-refractivity contribution in [1.29, 1.82) is 0 Å². The Morgan fingerprint density at radius 1 is 1.39 bits per heavy atom. The summed E-state index contributed by atoms with van der Waals surface area (Å²) in [6.45, 7) is 2.76. The number of fused-ring (bicyclic) bond motifs is 1. The minimum absolute atomic E-state index is 0.168. The van der Waals surface area contributed by atoms with Gasteiger partial charge in [-0.1, -0.05) is 0 Å². The topological polar surface area (TPSA) is 32.3 Å². The molecule has 0 radical (unpaired) electrons. The molecule has 1 atom stereocenters. The number of hydrogen-bond donors (Lipinski definition) is 1. The van der Waals surface area contributed by atoms with Crippen LogP contribution in [0.4, 0.5) is 10.1 Å². The molecule has 96 valence electrons. The van der Waals surface area contributed by atoms with Gasteiger partial charge in [-0.15, -0.1) is 0 Å². The monoisotopic (exact) mass is 248 g/mol. The zero-order chi connectivity index (χ0) is 12.5. The van der Waals surface area contributed by atoms with Crippen LogP contribution in [0.25, 0.3) is 0 Å².